The molecular formula is C19H20ClNO2. The summed E-state index contributed by atoms with van der Waals surface area (Å²) < 4.78 is 0. The number of halogens is 1. The van der Waals surface area contributed by atoms with Crippen LogP contribution in [0.15, 0.2) is 54.6 Å². The number of nitrogens with zero attached hydrogens (tertiary/aromatic N) is 1. The maximum atomic E-state index is 11.7. The zero-order valence-electron chi connectivity index (χ0n) is 12.9. The molecule has 1 N–H and O–H groups in total. The van der Waals surface area contributed by atoms with Crippen molar-refractivity contribution in [3.8, 4) is 0 Å². The van der Waals surface area contributed by atoms with E-state index in [9.17, 15) is 9.90 Å². The van der Waals surface area contributed by atoms with Crippen molar-refractivity contribution in [2.24, 2.45) is 0 Å². The van der Waals surface area contributed by atoms with Gasteiger partial charge in [-0.1, -0.05) is 66.6 Å². The Kier molecular flexibility index (Phi) is 4.99. The maximum absolute atomic E-state index is 11.7. The Labute approximate surface area is 141 Å². The van der Waals surface area contributed by atoms with Gasteiger partial charge in [-0.2, -0.15) is 0 Å². The highest BCUT2D eigenvalue weighted by molar-refractivity contribution is 6.31. The van der Waals surface area contributed by atoms with Gasteiger partial charge in [0.2, 0.25) is 0 Å². The van der Waals surface area contributed by atoms with E-state index < -0.39 is 12.0 Å². The number of carbonyl (C=O) groups is 1. The molecule has 1 aliphatic rings. The van der Waals surface area contributed by atoms with E-state index in [-0.39, 0.29) is 6.04 Å². The number of carboxylic acid groups (broad SMARTS) is 1. The van der Waals surface area contributed by atoms with E-state index in [0.717, 1.165) is 30.5 Å². The molecule has 1 saturated heterocycles. The molecular weight excluding hydrogens is 310 g/mol. The van der Waals surface area contributed by atoms with Crippen molar-refractivity contribution in [2.45, 2.75) is 31.3 Å². The number of carboxylic acids is 1. The van der Waals surface area contributed by atoms with Crippen LogP contribution < -0.4 is 0 Å². The third-order valence-corrected chi connectivity index (χ3v) is 4.82. The lowest BCUT2D eigenvalue weighted by Crippen LogP contribution is -2.46. The molecule has 2 aromatic carbocycles. The average Bonchev–Trinajstić information content (AvgIpc) is 2.58. The van der Waals surface area contributed by atoms with Crippen LogP contribution in [0.1, 0.15) is 36.4 Å². The molecule has 0 amide bonds. The lowest BCUT2D eigenvalue weighted by Gasteiger charge is -2.40. The van der Waals surface area contributed by atoms with E-state index in [2.05, 4.69) is 4.90 Å². The number of aliphatic carboxylic acids is 1. The summed E-state index contributed by atoms with van der Waals surface area (Å²) in [4.78, 5) is 13.8. The first-order valence-corrected chi connectivity index (χ1v) is 8.34. The Balaban J connectivity index is 2.08. The molecule has 2 aromatic rings. The molecule has 3 rings (SSSR count). The highest BCUT2D eigenvalue weighted by Crippen LogP contribution is 2.37. The van der Waals surface area contributed by atoms with Crippen molar-refractivity contribution < 1.29 is 9.90 Å². The van der Waals surface area contributed by atoms with Crippen LogP contribution in [0.4, 0.5) is 0 Å². The molecule has 4 heteroatoms. The van der Waals surface area contributed by atoms with Gasteiger partial charge >= 0.3 is 5.97 Å². The largest absolute Gasteiger partial charge is 0.480 e. The van der Waals surface area contributed by atoms with Crippen molar-refractivity contribution in [1.82, 2.24) is 4.90 Å². The lowest BCUT2D eigenvalue weighted by molar-refractivity contribution is -0.145. The monoisotopic (exact) mass is 329 g/mol. The van der Waals surface area contributed by atoms with E-state index in [1.807, 2.05) is 54.6 Å². The molecule has 0 aliphatic carbocycles. The van der Waals surface area contributed by atoms with Gasteiger partial charge in [0.1, 0.15) is 6.04 Å². The lowest BCUT2D eigenvalue weighted by atomic mass is 9.91. The summed E-state index contributed by atoms with van der Waals surface area (Å²) in [7, 11) is 0. The number of hydrogen-bond acceptors (Lipinski definition) is 2. The van der Waals surface area contributed by atoms with Gasteiger partial charge in [0.05, 0.1) is 6.04 Å². The standard InChI is InChI=1S/C19H20ClNO2/c20-16-11-5-4-10-15(16)18(14-8-2-1-3-9-14)21-13-7-6-12-17(21)19(22)23/h1-5,8-11,17-18H,6-7,12-13H2,(H,22,23). The first-order valence-electron chi connectivity index (χ1n) is 7.96. The van der Waals surface area contributed by atoms with E-state index in [1.165, 1.54) is 0 Å². The van der Waals surface area contributed by atoms with Gasteiger partial charge in [0.25, 0.3) is 0 Å². The van der Waals surface area contributed by atoms with Gasteiger partial charge in [-0.05, 0) is 36.6 Å². The average molecular weight is 330 g/mol. The molecule has 3 nitrogen and oxygen atoms in total. The minimum atomic E-state index is -0.752. The van der Waals surface area contributed by atoms with Crippen molar-refractivity contribution in [3.63, 3.8) is 0 Å². The van der Waals surface area contributed by atoms with Crippen LogP contribution in [0.25, 0.3) is 0 Å². The summed E-state index contributed by atoms with van der Waals surface area (Å²) in [5, 5.41) is 10.3. The number of benzene rings is 2. The van der Waals surface area contributed by atoms with Crippen LogP contribution in [0.3, 0.4) is 0 Å². The molecule has 0 aromatic heterocycles. The Morgan fingerprint density at radius 3 is 2.48 bits per heavy atom. The van der Waals surface area contributed by atoms with Crippen LogP contribution >= 0.6 is 11.6 Å². The second kappa shape index (κ2) is 7.16. The molecule has 23 heavy (non-hydrogen) atoms. The van der Waals surface area contributed by atoms with E-state index in [4.69, 9.17) is 11.6 Å². The van der Waals surface area contributed by atoms with Crippen molar-refractivity contribution >= 4 is 17.6 Å². The smallest absolute Gasteiger partial charge is 0.320 e. The maximum Gasteiger partial charge on any atom is 0.320 e. The summed E-state index contributed by atoms with van der Waals surface area (Å²) in [5.74, 6) is -0.752. The number of hydrogen-bond donors (Lipinski definition) is 1. The van der Waals surface area contributed by atoms with Gasteiger partial charge in [-0.25, -0.2) is 0 Å². The van der Waals surface area contributed by atoms with E-state index in [0.29, 0.717) is 11.4 Å². The quantitative estimate of drug-likeness (QED) is 0.905. The summed E-state index contributed by atoms with van der Waals surface area (Å²) >= 11 is 6.44. The summed E-state index contributed by atoms with van der Waals surface area (Å²) in [6.45, 7) is 0.766. The molecule has 0 saturated carbocycles. The molecule has 1 heterocycles. The number of likely N-dealkylation sites (tertiary alicyclic amines) is 1. The Bertz CT molecular complexity index is 674. The van der Waals surface area contributed by atoms with Crippen LogP contribution in [0, 0.1) is 0 Å². The minimum absolute atomic E-state index is 0.133. The zero-order valence-corrected chi connectivity index (χ0v) is 13.6. The fourth-order valence-electron chi connectivity index (χ4n) is 3.41. The molecule has 1 fully saturated rings. The summed E-state index contributed by atoms with van der Waals surface area (Å²) in [5.41, 5.74) is 2.04. The SMILES string of the molecule is O=C(O)C1CCCCN1C(c1ccccc1)c1ccccc1Cl. The molecule has 120 valence electrons. The predicted octanol–water partition coefficient (Wildman–Crippen LogP) is 4.37. The van der Waals surface area contributed by atoms with Gasteiger partial charge in [0.15, 0.2) is 0 Å². The summed E-state index contributed by atoms with van der Waals surface area (Å²) in [6.07, 6.45) is 2.65. The van der Waals surface area contributed by atoms with Gasteiger partial charge in [-0.3, -0.25) is 9.69 Å². The van der Waals surface area contributed by atoms with Crippen LogP contribution in [-0.4, -0.2) is 28.6 Å². The fraction of sp³-hybridized carbons (Fsp3) is 0.316. The van der Waals surface area contributed by atoms with Gasteiger partial charge in [0, 0.05) is 5.02 Å². The Morgan fingerprint density at radius 2 is 1.78 bits per heavy atom. The molecule has 1 aliphatic heterocycles. The van der Waals surface area contributed by atoms with Crippen LogP contribution in [0.5, 0.6) is 0 Å². The molecule has 2 atom stereocenters. The van der Waals surface area contributed by atoms with Gasteiger partial charge < -0.3 is 5.11 Å². The normalized spacial score (nSPS) is 20.1. The number of piperidine rings is 1. The van der Waals surface area contributed by atoms with Crippen molar-refractivity contribution in [2.75, 3.05) is 6.54 Å². The van der Waals surface area contributed by atoms with Crippen LogP contribution in [-0.2, 0) is 4.79 Å². The predicted molar refractivity (Wildman–Crippen MR) is 91.7 cm³/mol. The number of rotatable bonds is 4. The summed E-state index contributed by atoms with van der Waals surface area (Å²) in [6, 6.07) is 17.1. The molecule has 0 radical (unpaired) electrons. The first kappa shape index (κ1) is 16.0. The third kappa shape index (κ3) is 3.41. The van der Waals surface area contributed by atoms with E-state index in [1.54, 1.807) is 0 Å². The minimum Gasteiger partial charge on any atom is -0.480 e. The first-order chi connectivity index (χ1) is 11.2. The van der Waals surface area contributed by atoms with Crippen molar-refractivity contribution in [3.05, 3.63) is 70.7 Å². The highest BCUT2D eigenvalue weighted by atomic mass is 35.5. The molecule has 0 bridgehead atoms. The topological polar surface area (TPSA) is 40.5 Å². The second-order valence-corrected chi connectivity index (χ2v) is 6.33. The van der Waals surface area contributed by atoms with Gasteiger partial charge in [-0.15, -0.1) is 0 Å². The van der Waals surface area contributed by atoms with Crippen molar-refractivity contribution in [1.29, 1.82) is 0 Å². The molecule has 0 spiro atoms. The fourth-order valence-corrected chi connectivity index (χ4v) is 3.65. The third-order valence-electron chi connectivity index (χ3n) is 4.48. The van der Waals surface area contributed by atoms with Crippen LogP contribution in [0.2, 0.25) is 5.02 Å². The molecule has 2 unspecified atom stereocenters. The highest BCUT2D eigenvalue weighted by Gasteiger charge is 2.35. The second-order valence-electron chi connectivity index (χ2n) is 5.92. The zero-order chi connectivity index (χ0) is 16.2. The Hall–Kier alpha value is -1.84. The Morgan fingerprint density at radius 1 is 1.09 bits per heavy atom. The van der Waals surface area contributed by atoms with E-state index >= 15 is 0 Å².